The molecular formula is C12H26N2. The van der Waals surface area contributed by atoms with Crippen LogP contribution in [0.3, 0.4) is 0 Å². The molecule has 2 nitrogen and oxygen atoms in total. The van der Waals surface area contributed by atoms with Gasteiger partial charge in [0.25, 0.3) is 0 Å². The zero-order chi connectivity index (χ0) is 10.6. The Hall–Kier alpha value is -0.0800. The fourth-order valence-corrected chi connectivity index (χ4v) is 2.28. The van der Waals surface area contributed by atoms with Gasteiger partial charge in [0, 0.05) is 12.1 Å². The molecule has 0 aromatic rings. The van der Waals surface area contributed by atoms with Crippen LogP contribution in [-0.2, 0) is 0 Å². The molecule has 2 heteroatoms. The Morgan fingerprint density at radius 2 is 2.07 bits per heavy atom. The Bertz CT molecular complexity index is 156. The zero-order valence-electron chi connectivity index (χ0n) is 10.2. The van der Waals surface area contributed by atoms with Crippen LogP contribution in [0, 0.1) is 5.92 Å². The molecule has 1 fully saturated rings. The summed E-state index contributed by atoms with van der Waals surface area (Å²) in [4.78, 5) is 2.54. The van der Waals surface area contributed by atoms with Crippen molar-refractivity contribution < 1.29 is 0 Å². The van der Waals surface area contributed by atoms with Gasteiger partial charge in [-0.25, -0.2) is 0 Å². The number of rotatable bonds is 6. The minimum Gasteiger partial charge on any atom is -0.314 e. The van der Waals surface area contributed by atoms with E-state index in [2.05, 4.69) is 38.0 Å². The summed E-state index contributed by atoms with van der Waals surface area (Å²) >= 11 is 0. The van der Waals surface area contributed by atoms with Crippen LogP contribution in [-0.4, -0.2) is 37.1 Å². The average Bonchev–Trinajstić information content (AvgIpc) is 2.01. The molecule has 1 saturated carbocycles. The summed E-state index contributed by atoms with van der Waals surface area (Å²) < 4.78 is 0. The minimum absolute atomic E-state index is 0.632. The van der Waals surface area contributed by atoms with E-state index < -0.39 is 0 Å². The summed E-state index contributed by atoms with van der Waals surface area (Å²) in [7, 11) is 2.27. The highest BCUT2D eigenvalue weighted by Gasteiger charge is 2.32. The lowest BCUT2D eigenvalue weighted by molar-refractivity contribution is 0.0826. The van der Waals surface area contributed by atoms with Crippen molar-refractivity contribution in [2.45, 2.75) is 52.1 Å². The predicted molar refractivity (Wildman–Crippen MR) is 62.6 cm³/mol. The van der Waals surface area contributed by atoms with Gasteiger partial charge in [-0.2, -0.15) is 0 Å². The summed E-state index contributed by atoms with van der Waals surface area (Å²) in [6.45, 7) is 9.17. The highest BCUT2D eigenvalue weighted by molar-refractivity contribution is 4.89. The number of nitrogens with one attached hydrogen (secondary N) is 1. The topological polar surface area (TPSA) is 15.3 Å². The first-order valence-corrected chi connectivity index (χ1v) is 6.08. The number of hydrogen-bond acceptors (Lipinski definition) is 2. The largest absolute Gasteiger partial charge is 0.314 e. The third kappa shape index (κ3) is 3.25. The quantitative estimate of drug-likeness (QED) is 0.703. The van der Waals surface area contributed by atoms with Crippen molar-refractivity contribution in [3.05, 3.63) is 0 Å². The molecule has 2 unspecified atom stereocenters. The van der Waals surface area contributed by atoms with Crippen LogP contribution < -0.4 is 5.32 Å². The first-order valence-electron chi connectivity index (χ1n) is 6.08. The van der Waals surface area contributed by atoms with E-state index in [4.69, 9.17) is 0 Å². The Morgan fingerprint density at radius 1 is 1.36 bits per heavy atom. The lowest BCUT2D eigenvalue weighted by Gasteiger charge is -2.43. The number of hydrogen-bond donors (Lipinski definition) is 1. The van der Waals surface area contributed by atoms with Crippen molar-refractivity contribution in [3.63, 3.8) is 0 Å². The average molecular weight is 198 g/mol. The van der Waals surface area contributed by atoms with E-state index >= 15 is 0 Å². The van der Waals surface area contributed by atoms with Crippen molar-refractivity contribution >= 4 is 0 Å². The lowest BCUT2D eigenvalue weighted by Crippen LogP contribution is -2.49. The van der Waals surface area contributed by atoms with Gasteiger partial charge in [0.1, 0.15) is 0 Å². The van der Waals surface area contributed by atoms with Crippen LogP contribution in [0.25, 0.3) is 0 Å². The molecular weight excluding hydrogens is 172 g/mol. The van der Waals surface area contributed by atoms with Gasteiger partial charge < -0.3 is 10.2 Å². The van der Waals surface area contributed by atoms with Crippen LogP contribution in [0.5, 0.6) is 0 Å². The second-order valence-corrected chi connectivity index (χ2v) is 4.95. The molecule has 1 N–H and O–H groups in total. The van der Waals surface area contributed by atoms with Crippen LogP contribution in [0.2, 0.25) is 0 Å². The standard InChI is InChI=1S/C12H26N2/c1-5-8-14(4)12-7-6-11(12)9-13-10(2)3/h10-13H,5-9H2,1-4H3. The second-order valence-electron chi connectivity index (χ2n) is 4.95. The summed E-state index contributed by atoms with van der Waals surface area (Å²) in [5.41, 5.74) is 0. The van der Waals surface area contributed by atoms with E-state index in [1.807, 2.05) is 0 Å². The van der Waals surface area contributed by atoms with E-state index in [1.54, 1.807) is 0 Å². The molecule has 0 bridgehead atoms. The Kier molecular flexibility index (Phi) is 4.90. The smallest absolute Gasteiger partial charge is 0.0133 e. The van der Waals surface area contributed by atoms with Gasteiger partial charge in [-0.1, -0.05) is 20.8 Å². The molecule has 14 heavy (non-hydrogen) atoms. The zero-order valence-corrected chi connectivity index (χ0v) is 10.2. The third-order valence-electron chi connectivity index (χ3n) is 3.31. The Balaban J connectivity index is 2.20. The lowest BCUT2D eigenvalue weighted by atomic mass is 9.78. The van der Waals surface area contributed by atoms with Gasteiger partial charge in [-0.15, -0.1) is 0 Å². The molecule has 1 rings (SSSR count). The fraction of sp³-hybridized carbons (Fsp3) is 1.00. The molecule has 1 aliphatic rings. The van der Waals surface area contributed by atoms with Crippen molar-refractivity contribution in [1.29, 1.82) is 0 Å². The maximum Gasteiger partial charge on any atom is 0.0133 e. The maximum atomic E-state index is 3.55. The van der Waals surface area contributed by atoms with Crippen molar-refractivity contribution in [2.75, 3.05) is 20.1 Å². The molecule has 0 aromatic heterocycles. The highest BCUT2D eigenvalue weighted by atomic mass is 15.1. The van der Waals surface area contributed by atoms with Crippen LogP contribution in [0.1, 0.15) is 40.0 Å². The van der Waals surface area contributed by atoms with Crippen LogP contribution in [0.4, 0.5) is 0 Å². The second kappa shape index (κ2) is 5.72. The van der Waals surface area contributed by atoms with Crippen molar-refractivity contribution in [3.8, 4) is 0 Å². The normalized spacial score (nSPS) is 27.0. The molecule has 84 valence electrons. The predicted octanol–water partition coefficient (Wildman–Crippen LogP) is 2.10. The van der Waals surface area contributed by atoms with Gasteiger partial charge >= 0.3 is 0 Å². The van der Waals surface area contributed by atoms with Gasteiger partial charge in [0.2, 0.25) is 0 Å². The molecule has 0 spiro atoms. The van der Waals surface area contributed by atoms with E-state index in [-0.39, 0.29) is 0 Å². The van der Waals surface area contributed by atoms with Crippen LogP contribution in [0.15, 0.2) is 0 Å². The first kappa shape index (κ1) is 12.0. The monoisotopic (exact) mass is 198 g/mol. The minimum atomic E-state index is 0.632. The molecule has 0 saturated heterocycles. The highest BCUT2D eigenvalue weighted by Crippen LogP contribution is 2.30. The third-order valence-corrected chi connectivity index (χ3v) is 3.31. The molecule has 0 aliphatic heterocycles. The summed E-state index contributed by atoms with van der Waals surface area (Å²) in [6.07, 6.45) is 4.09. The molecule has 0 amide bonds. The van der Waals surface area contributed by atoms with Gasteiger partial charge in [-0.3, -0.25) is 0 Å². The molecule has 1 aliphatic carbocycles. The SMILES string of the molecule is CCCN(C)C1CCC1CNC(C)C. The van der Waals surface area contributed by atoms with Crippen molar-refractivity contribution in [1.82, 2.24) is 10.2 Å². The van der Waals surface area contributed by atoms with E-state index in [9.17, 15) is 0 Å². The van der Waals surface area contributed by atoms with E-state index in [0.717, 1.165) is 12.0 Å². The Morgan fingerprint density at radius 3 is 2.50 bits per heavy atom. The Labute approximate surface area is 89.1 Å². The van der Waals surface area contributed by atoms with Crippen molar-refractivity contribution in [2.24, 2.45) is 5.92 Å². The summed E-state index contributed by atoms with van der Waals surface area (Å²) in [6, 6.07) is 1.48. The van der Waals surface area contributed by atoms with E-state index in [1.165, 1.54) is 32.4 Å². The van der Waals surface area contributed by atoms with E-state index in [0.29, 0.717) is 6.04 Å². The molecule has 0 heterocycles. The first-order chi connectivity index (χ1) is 6.65. The van der Waals surface area contributed by atoms with Gasteiger partial charge in [0.05, 0.1) is 0 Å². The van der Waals surface area contributed by atoms with Gasteiger partial charge in [-0.05, 0) is 45.3 Å². The summed E-state index contributed by atoms with van der Waals surface area (Å²) in [5.74, 6) is 0.897. The molecule has 0 radical (unpaired) electrons. The summed E-state index contributed by atoms with van der Waals surface area (Å²) in [5, 5.41) is 3.55. The molecule has 0 aromatic carbocycles. The number of nitrogens with zero attached hydrogens (tertiary/aromatic N) is 1. The fourth-order valence-electron chi connectivity index (χ4n) is 2.28. The molecule has 2 atom stereocenters. The van der Waals surface area contributed by atoms with Gasteiger partial charge in [0.15, 0.2) is 0 Å². The van der Waals surface area contributed by atoms with Crippen LogP contribution >= 0.6 is 0 Å². The maximum absolute atomic E-state index is 3.55.